The molecule has 0 aliphatic carbocycles. The molecular weight excluding hydrogens is 432 g/mol. The Labute approximate surface area is 188 Å². The molecule has 1 aliphatic heterocycles. The molecule has 1 fully saturated rings. The Morgan fingerprint density at radius 1 is 1.16 bits per heavy atom. The Kier molecular flexibility index (Phi) is 5.82. The van der Waals surface area contributed by atoms with Crippen molar-refractivity contribution in [2.45, 2.75) is 37.7 Å². The number of aromatic nitrogens is 5. The second-order valence-electron chi connectivity index (χ2n) is 8.08. The van der Waals surface area contributed by atoms with Gasteiger partial charge in [0.05, 0.1) is 23.4 Å². The normalized spacial score (nSPS) is 19.2. The molecule has 2 atom stereocenters. The first-order chi connectivity index (χ1) is 15.2. The molecule has 1 saturated heterocycles. The van der Waals surface area contributed by atoms with Gasteiger partial charge >= 0.3 is 0 Å². The lowest BCUT2D eigenvalue weighted by Gasteiger charge is -2.35. The molecule has 0 amide bonds. The standard InChI is InChI=1S/C21H24N6O2S2/c1-14-9-15(2)11-26(10-14)20-23-24-21(27(20)12-16-5-3-7-28-16)31-13-18-22-19(29-25-18)17-6-4-8-30-17/h3-8,14-15H,9-13H2,1-2H3. The summed E-state index contributed by atoms with van der Waals surface area (Å²) >= 11 is 3.14. The molecule has 5 heterocycles. The maximum absolute atomic E-state index is 5.61. The van der Waals surface area contributed by atoms with Crippen LogP contribution in [-0.2, 0) is 12.3 Å². The Balaban J connectivity index is 1.37. The van der Waals surface area contributed by atoms with Gasteiger partial charge in [-0.05, 0) is 41.8 Å². The Hall–Kier alpha value is -2.59. The van der Waals surface area contributed by atoms with Gasteiger partial charge in [-0.15, -0.1) is 21.5 Å². The number of anilines is 1. The number of thioether (sulfide) groups is 1. The second kappa shape index (κ2) is 8.88. The lowest BCUT2D eigenvalue weighted by atomic mass is 9.92. The zero-order valence-electron chi connectivity index (χ0n) is 17.5. The Morgan fingerprint density at radius 2 is 2.03 bits per heavy atom. The van der Waals surface area contributed by atoms with Gasteiger partial charge in [0.2, 0.25) is 5.95 Å². The molecule has 0 N–H and O–H groups in total. The van der Waals surface area contributed by atoms with Gasteiger partial charge < -0.3 is 13.8 Å². The maximum Gasteiger partial charge on any atom is 0.268 e. The van der Waals surface area contributed by atoms with Crippen molar-refractivity contribution in [1.29, 1.82) is 0 Å². The quantitative estimate of drug-likeness (QED) is 0.366. The number of thiophene rings is 1. The number of furan rings is 1. The molecule has 0 aromatic carbocycles. The minimum atomic E-state index is 0.554. The molecule has 2 unspecified atom stereocenters. The summed E-state index contributed by atoms with van der Waals surface area (Å²) in [5, 5.41) is 16.0. The molecule has 8 nitrogen and oxygen atoms in total. The number of hydrogen-bond acceptors (Lipinski definition) is 9. The number of rotatable bonds is 7. The van der Waals surface area contributed by atoms with Crippen molar-refractivity contribution in [1.82, 2.24) is 24.9 Å². The van der Waals surface area contributed by atoms with Gasteiger partial charge in [0, 0.05) is 13.1 Å². The van der Waals surface area contributed by atoms with E-state index in [9.17, 15) is 0 Å². The third kappa shape index (κ3) is 4.54. The molecule has 1 aliphatic rings. The molecular formula is C21H24N6O2S2. The summed E-state index contributed by atoms with van der Waals surface area (Å²) in [6.45, 7) is 7.16. The van der Waals surface area contributed by atoms with Gasteiger partial charge in [0.15, 0.2) is 11.0 Å². The van der Waals surface area contributed by atoms with Crippen LogP contribution in [0.4, 0.5) is 5.95 Å². The van der Waals surface area contributed by atoms with E-state index in [0.29, 0.717) is 35.8 Å². The highest BCUT2D eigenvalue weighted by atomic mass is 32.2. The smallest absolute Gasteiger partial charge is 0.268 e. The predicted octanol–water partition coefficient (Wildman–Crippen LogP) is 4.81. The van der Waals surface area contributed by atoms with Crippen molar-refractivity contribution < 1.29 is 8.94 Å². The fourth-order valence-corrected chi connectivity index (χ4v) is 5.51. The molecule has 5 rings (SSSR count). The van der Waals surface area contributed by atoms with Crippen LogP contribution in [0.15, 0.2) is 50.0 Å². The van der Waals surface area contributed by atoms with E-state index in [1.54, 1.807) is 29.4 Å². The van der Waals surface area contributed by atoms with E-state index in [0.717, 1.165) is 34.8 Å². The molecule has 0 spiro atoms. The topological polar surface area (TPSA) is 86.0 Å². The van der Waals surface area contributed by atoms with E-state index in [1.165, 1.54) is 6.42 Å². The van der Waals surface area contributed by atoms with Gasteiger partial charge in [0.1, 0.15) is 5.76 Å². The monoisotopic (exact) mass is 456 g/mol. The molecule has 4 aromatic rings. The van der Waals surface area contributed by atoms with E-state index >= 15 is 0 Å². The summed E-state index contributed by atoms with van der Waals surface area (Å²) in [5.74, 6) is 4.78. The third-order valence-corrected chi connectivity index (χ3v) is 7.09. The van der Waals surface area contributed by atoms with Crippen molar-refractivity contribution in [3.8, 4) is 10.8 Å². The van der Waals surface area contributed by atoms with Crippen LogP contribution in [0, 0.1) is 11.8 Å². The lowest BCUT2D eigenvalue weighted by Crippen LogP contribution is -2.40. The van der Waals surface area contributed by atoms with E-state index in [4.69, 9.17) is 8.94 Å². The first kappa shape index (κ1) is 20.3. The fraction of sp³-hybridized carbons (Fsp3) is 0.429. The summed E-state index contributed by atoms with van der Waals surface area (Å²) in [6.07, 6.45) is 2.94. The van der Waals surface area contributed by atoms with E-state index in [1.807, 2.05) is 29.6 Å². The highest BCUT2D eigenvalue weighted by Gasteiger charge is 2.27. The number of nitrogens with zero attached hydrogens (tertiary/aromatic N) is 6. The van der Waals surface area contributed by atoms with Crippen LogP contribution in [0.2, 0.25) is 0 Å². The Bertz CT molecular complexity index is 1100. The zero-order valence-corrected chi connectivity index (χ0v) is 19.1. The SMILES string of the molecule is CC1CC(C)CN(c2nnc(SCc3noc(-c4cccs4)n3)n2Cc2ccco2)C1. The van der Waals surface area contributed by atoms with Crippen LogP contribution in [-0.4, -0.2) is 38.0 Å². The molecule has 162 valence electrons. The second-order valence-corrected chi connectivity index (χ2v) is 9.97. The Morgan fingerprint density at radius 3 is 2.77 bits per heavy atom. The average molecular weight is 457 g/mol. The molecule has 10 heteroatoms. The van der Waals surface area contributed by atoms with Crippen molar-refractivity contribution >= 4 is 29.0 Å². The largest absolute Gasteiger partial charge is 0.467 e. The molecule has 0 radical (unpaired) electrons. The van der Waals surface area contributed by atoms with E-state index in [2.05, 4.69) is 43.7 Å². The van der Waals surface area contributed by atoms with Crippen LogP contribution in [0.1, 0.15) is 31.9 Å². The van der Waals surface area contributed by atoms with Crippen LogP contribution in [0.5, 0.6) is 0 Å². The van der Waals surface area contributed by atoms with Crippen molar-refractivity contribution in [2.75, 3.05) is 18.0 Å². The number of piperidine rings is 1. The minimum Gasteiger partial charge on any atom is -0.467 e. The summed E-state index contributed by atoms with van der Waals surface area (Å²) < 4.78 is 13.2. The molecule has 0 saturated carbocycles. The van der Waals surface area contributed by atoms with Crippen LogP contribution < -0.4 is 4.90 Å². The third-order valence-electron chi connectivity index (χ3n) is 5.27. The van der Waals surface area contributed by atoms with Crippen molar-refractivity contribution in [3.63, 3.8) is 0 Å². The molecule has 31 heavy (non-hydrogen) atoms. The van der Waals surface area contributed by atoms with Crippen LogP contribution in [0.25, 0.3) is 10.8 Å². The first-order valence-electron chi connectivity index (χ1n) is 10.4. The van der Waals surface area contributed by atoms with Gasteiger partial charge in [-0.2, -0.15) is 4.98 Å². The minimum absolute atomic E-state index is 0.554. The van der Waals surface area contributed by atoms with Gasteiger partial charge in [-0.3, -0.25) is 4.57 Å². The van der Waals surface area contributed by atoms with Gasteiger partial charge in [0.25, 0.3) is 5.89 Å². The summed E-state index contributed by atoms with van der Waals surface area (Å²) in [7, 11) is 0. The van der Waals surface area contributed by atoms with E-state index in [-0.39, 0.29) is 0 Å². The first-order valence-corrected chi connectivity index (χ1v) is 12.2. The van der Waals surface area contributed by atoms with Gasteiger partial charge in [-0.1, -0.05) is 36.8 Å². The predicted molar refractivity (Wildman–Crippen MR) is 120 cm³/mol. The lowest BCUT2D eigenvalue weighted by molar-refractivity contribution is 0.350. The zero-order chi connectivity index (χ0) is 21.2. The number of hydrogen-bond donors (Lipinski definition) is 0. The summed E-state index contributed by atoms with van der Waals surface area (Å²) in [4.78, 5) is 7.84. The van der Waals surface area contributed by atoms with Crippen LogP contribution in [0.3, 0.4) is 0 Å². The average Bonchev–Trinajstić information content (AvgIpc) is 3.53. The maximum atomic E-state index is 5.61. The highest BCUT2D eigenvalue weighted by molar-refractivity contribution is 7.98. The molecule has 4 aromatic heterocycles. The van der Waals surface area contributed by atoms with Crippen molar-refractivity contribution in [2.24, 2.45) is 11.8 Å². The van der Waals surface area contributed by atoms with Crippen LogP contribution >= 0.6 is 23.1 Å². The fourth-order valence-electron chi connectivity index (χ4n) is 4.09. The molecule has 0 bridgehead atoms. The van der Waals surface area contributed by atoms with Crippen molar-refractivity contribution in [3.05, 3.63) is 47.5 Å². The highest BCUT2D eigenvalue weighted by Crippen LogP contribution is 2.30. The van der Waals surface area contributed by atoms with E-state index < -0.39 is 0 Å². The summed E-state index contributed by atoms with van der Waals surface area (Å²) in [5.41, 5.74) is 0. The summed E-state index contributed by atoms with van der Waals surface area (Å²) in [6, 6.07) is 7.83. The van der Waals surface area contributed by atoms with Gasteiger partial charge in [-0.25, -0.2) is 0 Å².